The lowest BCUT2D eigenvalue weighted by atomic mass is 10.1. The molecule has 4 aromatic rings. The van der Waals surface area contributed by atoms with Gasteiger partial charge in [-0.2, -0.15) is 0 Å². The molecule has 0 amide bonds. The number of rotatable bonds is 10. The molecule has 37 heavy (non-hydrogen) atoms. The monoisotopic (exact) mass is 514 g/mol. The molecule has 0 spiro atoms. The first kappa shape index (κ1) is 25.9. The smallest absolute Gasteiger partial charge is 0.383 e. The molecule has 4 rings (SSSR count). The number of hydrogen-bond acceptors (Lipinski definition) is 6. The number of para-hydroxylation sites is 2. The molecule has 0 aliphatic heterocycles. The van der Waals surface area contributed by atoms with E-state index in [1.807, 2.05) is 60.7 Å². The Morgan fingerprint density at radius 3 is 1.32 bits per heavy atom. The summed E-state index contributed by atoms with van der Waals surface area (Å²) in [5.74, 6) is 0. The largest absolute Gasteiger partial charge is 0.407 e. The van der Waals surface area contributed by atoms with Crippen molar-refractivity contribution in [3.63, 3.8) is 0 Å². The van der Waals surface area contributed by atoms with Crippen molar-refractivity contribution < 1.29 is 18.7 Å². The second kappa shape index (κ2) is 11.3. The summed E-state index contributed by atoms with van der Waals surface area (Å²) in [5.41, 5.74) is 1.93. The third kappa shape index (κ3) is 5.48. The lowest BCUT2D eigenvalue weighted by Gasteiger charge is -2.31. The maximum atomic E-state index is 11.8. The Morgan fingerprint density at radius 2 is 0.973 bits per heavy atom. The quantitative estimate of drug-likeness (QED) is 0.165. The van der Waals surface area contributed by atoms with E-state index in [9.17, 15) is 20.2 Å². The molecule has 0 atom stereocenters. The SMILES string of the molecule is Cc1cccc(CO[Si](OCc2cccc(C)c2[N+](=O)[O-])(c2ccccc2)c2ccccc2)c1[N+](=O)[O-]. The predicted octanol–water partition coefficient (Wildman–Crippen LogP) is 5.11. The van der Waals surface area contributed by atoms with Gasteiger partial charge in [0.1, 0.15) is 0 Å². The molecule has 0 bridgehead atoms. The van der Waals surface area contributed by atoms with E-state index < -0.39 is 18.4 Å². The second-order valence-corrected chi connectivity index (χ2v) is 11.6. The molecule has 4 aromatic carbocycles. The Morgan fingerprint density at radius 1 is 0.595 bits per heavy atom. The minimum Gasteiger partial charge on any atom is -0.383 e. The second-order valence-electron chi connectivity index (χ2n) is 8.61. The molecule has 0 fully saturated rings. The van der Waals surface area contributed by atoms with Crippen LogP contribution in [0, 0.1) is 34.1 Å². The molecule has 0 unspecified atom stereocenters. The van der Waals surface area contributed by atoms with Crippen molar-refractivity contribution in [1.82, 2.24) is 0 Å². The summed E-state index contributed by atoms with van der Waals surface area (Å²) in [6.45, 7) is 3.25. The van der Waals surface area contributed by atoms with Crippen LogP contribution in [0.3, 0.4) is 0 Å². The Kier molecular flexibility index (Phi) is 7.88. The van der Waals surface area contributed by atoms with Crippen molar-refractivity contribution in [2.75, 3.05) is 0 Å². The van der Waals surface area contributed by atoms with E-state index in [4.69, 9.17) is 8.85 Å². The number of hydrogen-bond donors (Lipinski definition) is 0. The Balaban J connectivity index is 1.82. The van der Waals surface area contributed by atoms with Crippen LogP contribution in [-0.2, 0) is 22.1 Å². The van der Waals surface area contributed by atoms with Gasteiger partial charge in [-0.05, 0) is 36.4 Å². The number of aryl methyl sites for hydroxylation is 2. The highest BCUT2D eigenvalue weighted by atomic mass is 28.4. The third-order valence-electron chi connectivity index (χ3n) is 6.18. The van der Waals surface area contributed by atoms with Crippen molar-refractivity contribution in [2.24, 2.45) is 0 Å². The number of nitrogens with zero attached hydrogens (tertiary/aromatic N) is 2. The van der Waals surface area contributed by atoms with Gasteiger partial charge >= 0.3 is 8.56 Å². The van der Waals surface area contributed by atoms with Crippen LogP contribution in [0.4, 0.5) is 11.4 Å². The van der Waals surface area contributed by atoms with E-state index in [1.54, 1.807) is 50.2 Å². The fourth-order valence-corrected chi connectivity index (χ4v) is 7.47. The Labute approximate surface area is 215 Å². The highest BCUT2D eigenvalue weighted by molar-refractivity contribution is 6.92. The number of nitro benzene ring substituents is 2. The summed E-state index contributed by atoms with van der Waals surface area (Å²) >= 11 is 0. The van der Waals surface area contributed by atoms with Gasteiger partial charge < -0.3 is 8.85 Å². The summed E-state index contributed by atoms with van der Waals surface area (Å²) < 4.78 is 13.3. The molecule has 0 radical (unpaired) electrons. The van der Waals surface area contributed by atoms with Gasteiger partial charge in [-0.3, -0.25) is 20.2 Å². The van der Waals surface area contributed by atoms with E-state index in [2.05, 4.69) is 0 Å². The van der Waals surface area contributed by atoms with Crippen LogP contribution in [0.5, 0.6) is 0 Å². The molecular formula is C28H26N2O6Si. The summed E-state index contributed by atoms with van der Waals surface area (Å²) in [6.07, 6.45) is 0. The van der Waals surface area contributed by atoms with Gasteiger partial charge in [-0.15, -0.1) is 0 Å². The summed E-state index contributed by atoms with van der Waals surface area (Å²) in [5, 5.41) is 25.2. The first-order chi connectivity index (χ1) is 17.8. The zero-order valence-corrected chi connectivity index (χ0v) is 21.5. The zero-order chi connectivity index (χ0) is 26.4. The van der Waals surface area contributed by atoms with Crippen LogP contribution < -0.4 is 10.4 Å². The maximum absolute atomic E-state index is 11.8. The fourth-order valence-electron chi connectivity index (χ4n) is 4.41. The van der Waals surface area contributed by atoms with E-state index in [-0.39, 0.29) is 24.6 Å². The lowest BCUT2D eigenvalue weighted by molar-refractivity contribution is -0.386. The molecular weight excluding hydrogens is 488 g/mol. The Hall–Kier alpha value is -4.18. The molecule has 0 N–H and O–H groups in total. The molecule has 9 heteroatoms. The van der Waals surface area contributed by atoms with Gasteiger partial charge in [0.05, 0.1) is 34.2 Å². The van der Waals surface area contributed by atoms with Crippen molar-refractivity contribution in [3.05, 3.63) is 140 Å². The van der Waals surface area contributed by atoms with E-state index in [0.717, 1.165) is 10.4 Å². The van der Waals surface area contributed by atoms with Gasteiger partial charge in [-0.25, -0.2) is 0 Å². The van der Waals surface area contributed by atoms with E-state index >= 15 is 0 Å². The van der Waals surface area contributed by atoms with Crippen molar-refractivity contribution >= 4 is 30.3 Å². The zero-order valence-electron chi connectivity index (χ0n) is 20.5. The van der Waals surface area contributed by atoms with Crippen LogP contribution in [-0.4, -0.2) is 18.4 Å². The standard InChI is InChI=1S/C28H26N2O6Si/c1-21-11-9-13-23(27(21)29(31)32)19-35-37(25-15-5-3-6-16-25,26-17-7-4-8-18-26)36-20-24-14-10-12-22(2)28(24)30(33)34/h3-18H,19-20H2,1-2H3. The molecule has 0 saturated carbocycles. The van der Waals surface area contributed by atoms with Crippen molar-refractivity contribution in [2.45, 2.75) is 27.1 Å². The number of benzene rings is 4. The average Bonchev–Trinajstić information content (AvgIpc) is 2.89. The van der Waals surface area contributed by atoms with E-state index in [0.29, 0.717) is 22.3 Å². The van der Waals surface area contributed by atoms with Crippen LogP contribution in [0.15, 0.2) is 97.1 Å². The topological polar surface area (TPSA) is 105 Å². The van der Waals surface area contributed by atoms with Gasteiger partial charge in [0.2, 0.25) is 0 Å². The van der Waals surface area contributed by atoms with Gasteiger partial charge in [-0.1, -0.05) is 84.9 Å². The van der Waals surface area contributed by atoms with Crippen LogP contribution in [0.25, 0.3) is 0 Å². The summed E-state index contributed by atoms with van der Waals surface area (Å²) in [7, 11) is -3.51. The van der Waals surface area contributed by atoms with Crippen molar-refractivity contribution in [3.8, 4) is 0 Å². The molecule has 188 valence electrons. The summed E-state index contributed by atoms with van der Waals surface area (Å²) in [4.78, 5) is 22.8. The predicted molar refractivity (Wildman–Crippen MR) is 143 cm³/mol. The highest BCUT2D eigenvalue weighted by Gasteiger charge is 2.44. The fraction of sp³-hybridized carbons (Fsp3) is 0.143. The highest BCUT2D eigenvalue weighted by Crippen LogP contribution is 2.27. The first-order valence-electron chi connectivity index (χ1n) is 11.7. The van der Waals surface area contributed by atoms with Crippen LogP contribution >= 0.6 is 0 Å². The minimum atomic E-state index is -3.51. The van der Waals surface area contributed by atoms with Crippen LogP contribution in [0.2, 0.25) is 0 Å². The molecule has 0 aliphatic carbocycles. The Bertz CT molecular complexity index is 1300. The molecule has 8 nitrogen and oxygen atoms in total. The lowest BCUT2D eigenvalue weighted by Crippen LogP contribution is -2.63. The maximum Gasteiger partial charge on any atom is 0.407 e. The molecule has 0 aromatic heterocycles. The van der Waals surface area contributed by atoms with Gasteiger partial charge in [0, 0.05) is 11.1 Å². The van der Waals surface area contributed by atoms with Crippen molar-refractivity contribution in [1.29, 1.82) is 0 Å². The summed E-state index contributed by atoms with van der Waals surface area (Å²) in [6, 6.07) is 29.1. The molecule has 0 heterocycles. The number of nitro groups is 2. The minimum absolute atomic E-state index is 0.000783. The van der Waals surface area contributed by atoms with Crippen LogP contribution in [0.1, 0.15) is 22.3 Å². The van der Waals surface area contributed by atoms with Gasteiger partial charge in [0.15, 0.2) is 0 Å². The molecule has 0 saturated heterocycles. The average molecular weight is 515 g/mol. The normalized spacial score (nSPS) is 11.3. The van der Waals surface area contributed by atoms with E-state index in [1.165, 1.54) is 0 Å². The first-order valence-corrected chi connectivity index (χ1v) is 13.5. The third-order valence-corrected chi connectivity index (χ3v) is 9.47. The van der Waals surface area contributed by atoms with Gasteiger partial charge in [0.25, 0.3) is 11.4 Å². The molecule has 0 aliphatic rings.